The summed E-state index contributed by atoms with van der Waals surface area (Å²) in [5, 5.41) is 23.3. The van der Waals surface area contributed by atoms with Gasteiger partial charge in [0, 0.05) is 12.8 Å². The van der Waals surface area contributed by atoms with Gasteiger partial charge in [-0.25, -0.2) is 0 Å². The number of rotatable bonds is 70. The van der Waals surface area contributed by atoms with Crippen LogP contribution in [0.4, 0.5) is 0 Å². The molecule has 0 rings (SSSR count). The third-order valence-corrected chi connectivity index (χ3v) is 17.5. The number of amides is 1. The standard InChI is InChI=1S/C75H145NO5/c1-3-5-7-9-11-13-15-17-19-20-21-22-27-30-33-36-40-43-47-51-55-59-63-67-73(78)72(71-77)76-74(79)68-64-60-56-52-48-44-41-37-34-31-28-25-23-24-26-29-32-35-38-42-46-50-54-58-62-66-70-81-75(80)69-65-61-57-53-49-45-39-18-16-14-12-10-8-6-4-2/h23,25,63,67,72-73,77-78H,3-22,24,26-62,64-66,68-71H2,1-2H3,(H,76,79)/b25-23-,67-63+. The lowest BCUT2D eigenvalue weighted by Crippen LogP contribution is -2.45. The second kappa shape index (κ2) is 70.8. The highest BCUT2D eigenvalue weighted by molar-refractivity contribution is 5.76. The lowest BCUT2D eigenvalue weighted by atomic mass is 10.0. The van der Waals surface area contributed by atoms with E-state index in [1.165, 1.54) is 353 Å². The number of aliphatic hydroxyl groups is 2. The Morgan fingerprint density at radius 2 is 0.580 bits per heavy atom. The van der Waals surface area contributed by atoms with Gasteiger partial charge in [0.25, 0.3) is 0 Å². The molecule has 0 saturated carbocycles. The number of esters is 1. The summed E-state index contributed by atoms with van der Waals surface area (Å²) in [6, 6.07) is -0.630. The number of carbonyl (C=O) groups excluding carboxylic acids is 2. The van der Waals surface area contributed by atoms with Crippen molar-refractivity contribution in [3.8, 4) is 0 Å². The molecule has 0 aromatic carbocycles. The monoisotopic (exact) mass is 1140 g/mol. The van der Waals surface area contributed by atoms with Crippen molar-refractivity contribution in [2.24, 2.45) is 0 Å². The Labute approximate surface area is 507 Å². The highest BCUT2D eigenvalue weighted by atomic mass is 16.5. The predicted octanol–water partition coefficient (Wildman–Crippen LogP) is 24.1. The molecule has 0 aromatic rings. The number of allylic oxidation sites excluding steroid dienone is 3. The molecule has 2 atom stereocenters. The van der Waals surface area contributed by atoms with Gasteiger partial charge in [-0.05, 0) is 57.8 Å². The fourth-order valence-corrected chi connectivity index (χ4v) is 11.8. The van der Waals surface area contributed by atoms with Crippen LogP contribution in [0.2, 0.25) is 0 Å². The summed E-state index contributed by atoms with van der Waals surface area (Å²) in [7, 11) is 0. The zero-order chi connectivity index (χ0) is 58.5. The van der Waals surface area contributed by atoms with Gasteiger partial charge < -0.3 is 20.3 Å². The molecular weight excluding hydrogens is 995 g/mol. The first-order chi connectivity index (χ1) is 40.0. The van der Waals surface area contributed by atoms with Crippen LogP contribution in [0.3, 0.4) is 0 Å². The number of hydrogen-bond acceptors (Lipinski definition) is 5. The van der Waals surface area contributed by atoms with Gasteiger partial charge in [-0.1, -0.05) is 372 Å². The van der Waals surface area contributed by atoms with Crippen LogP contribution in [0.5, 0.6) is 0 Å². The predicted molar refractivity (Wildman–Crippen MR) is 356 cm³/mol. The second-order valence-electron chi connectivity index (χ2n) is 25.6. The third kappa shape index (κ3) is 67.3. The molecule has 0 aliphatic rings. The topological polar surface area (TPSA) is 95.9 Å². The second-order valence-corrected chi connectivity index (χ2v) is 25.6. The van der Waals surface area contributed by atoms with Gasteiger partial charge in [0.05, 0.1) is 25.4 Å². The van der Waals surface area contributed by atoms with E-state index in [2.05, 4.69) is 31.3 Å². The van der Waals surface area contributed by atoms with Crippen LogP contribution in [-0.2, 0) is 14.3 Å². The van der Waals surface area contributed by atoms with E-state index in [1.807, 2.05) is 6.08 Å². The molecule has 0 aromatic heterocycles. The molecule has 480 valence electrons. The SMILES string of the molecule is CCCCCCCCCCCCCCCCCCCCCCC/C=C/C(O)C(CO)NC(=O)CCCCCCCCCCCC/C=C\CCCCCCCCCCCCCCOC(=O)CCCCCCCCCCCCCCCCC. The van der Waals surface area contributed by atoms with Crippen LogP contribution in [0.1, 0.15) is 418 Å². The summed E-state index contributed by atoms with van der Waals surface area (Å²) in [4.78, 5) is 24.6. The van der Waals surface area contributed by atoms with Gasteiger partial charge >= 0.3 is 5.97 Å². The molecule has 0 aliphatic carbocycles. The van der Waals surface area contributed by atoms with E-state index in [0.29, 0.717) is 19.4 Å². The van der Waals surface area contributed by atoms with Crippen LogP contribution in [-0.4, -0.2) is 47.4 Å². The Hall–Kier alpha value is -1.66. The number of aliphatic hydroxyl groups excluding tert-OH is 2. The zero-order valence-electron chi connectivity index (χ0n) is 55.0. The molecule has 81 heavy (non-hydrogen) atoms. The maximum absolute atomic E-state index is 12.5. The average molecular weight is 1140 g/mol. The largest absolute Gasteiger partial charge is 0.466 e. The van der Waals surface area contributed by atoms with Gasteiger partial charge in [-0.2, -0.15) is 0 Å². The van der Waals surface area contributed by atoms with Crippen LogP contribution in [0, 0.1) is 0 Å². The maximum Gasteiger partial charge on any atom is 0.305 e. The molecule has 0 spiro atoms. The molecule has 0 saturated heterocycles. The minimum absolute atomic E-state index is 0.0178. The summed E-state index contributed by atoms with van der Waals surface area (Å²) >= 11 is 0. The van der Waals surface area contributed by atoms with E-state index >= 15 is 0 Å². The molecule has 3 N–H and O–H groups in total. The molecular formula is C75H145NO5. The first-order valence-corrected chi connectivity index (χ1v) is 37.1. The Morgan fingerprint density at radius 3 is 0.877 bits per heavy atom. The maximum atomic E-state index is 12.5. The normalized spacial score (nSPS) is 12.6. The summed E-state index contributed by atoms with van der Waals surface area (Å²) in [5.74, 6) is -0.0474. The van der Waals surface area contributed by atoms with E-state index < -0.39 is 12.1 Å². The quantitative estimate of drug-likeness (QED) is 0.0320. The van der Waals surface area contributed by atoms with E-state index in [-0.39, 0.29) is 18.5 Å². The number of unbranched alkanes of at least 4 members (excludes halogenated alkanes) is 57. The Balaban J connectivity index is 3.41. The molecule has 0 radical (unpaired) electrons. The van der Waals surface area contributed by atoms with Crippen LogP contribution < -0.4 is 5.32 Å². The minimum Gasteiger partial charge on any atom is -0.466 e. The van der Waals surface area contributed by atoms with Crippen molar-refractivity contribution in [2.75, 3.05) is 13.2 Å². The van der Waals surface area contributed by atoms with E-state index in [4.69, 9.17) is 4.74 Å². The lowest BCUT2D eigenvalue weighted by Gasteiger charge is -2.20. The van der Waals surface area contributed by atoms with E-state index in [1.54, 1.807) is 6.08 Å². The number of carbonyl (C=O) groups is 2. The lowest BCUT2D eigenvalue weighted by molar-refractivity contribution is -0.143. The fourth-order valence-electron chi connectivity index (χ4n) is 11.8. The van der Waals surface area contributed by atoms with Crippen molar-refractivity contribution in [2.45, 2.75) is 431 Å². The molecule has 6 heteroatoms. The van der Waals surface area contributed by atoms with Crippen LogP contribution in [0.25, 0.3) is 0 Å². The highest BCUT2D eigenvalue weighted by Crippen LogP contribution is 2.19. The van der Waals surface area contributed by atoms with Gasteiger partial charge in [0.2, 0.25) is 5.91 Å². The van der Waals surface area contributed by atoms with Crippen molar-refractivity contribution in [1.82, 2.24) is 5.32 Å². The number of ether oxygens (including phenoxy) is 1. The molecule has 0 bridgehead atoms. The first kappa shape index (κ1) is 79.3. The number of nitrogens with one attached hydrogen (secondary N) is 1. The van der Waals surface area contributed by atoms with Crippen LogP contribution in [0.15, 0.2) is 24.3 Å². The minimum atomic E-state index is -0.847. The molecule has 2 unspecified atom stereocenters. The van der Waals surface area contributed by atoms with Gasteiger partial charge in [-0.15, -0.1) is 0 Å². The van der Waals surface area contributed by atoms with Crippen LogP contribution >= 0.6 is 0 Å². The summed E-state index contributed by atoms with van der Waals surface area (Å²) in [5.41, 5.74) is 0. The molecule has 0 aliphatic heterocycles. The summed E-state index contributed by atoms with van der Waals surface area (Å²) < 4.78 is 5.50. The zero-order valence-corrected chi connectivity index (χ0v) is 55.0. The van der Waals surface area contributed by atoms with Crippen molar-refractivity contribution < 1.29 is 24.5 Å². The fraction of sp³-hybridized carbons (Fsp3) is 0.920. The van der Waals surface area contributed by atoms with E-state index in [0.717, 1.165) is 38.5 Å². The smallest absolute Gasteiger partial charge is 0.305 e. The summed E-state index contributed by atoms with van der Waals surface area (Å²) in [6.45, 7) is 4.95. The third-order valence-electron chi connectivity index (χ3n) is 17.5. The highest BCUT2D eigenvalue weighted by Gasteiger charge is 2.18. The van der Waals surface area contributed by atoms with E-state index in [9.17, 15) is 19.8 Å². The molecule has 1 amide bonds. The Morgan fingerprint density at radius 1 is 0.333 bits per heavy atom. The Kier molecular flexibility index (Phi) is 69.4. The van der Waals surface area contributed by atoms with Crippen molar-refractivity contribution in [3.05, 3.63) is 24.3 Å². The van der Waals surface area contributed by atoms with Gasteiger partial charge in [0.1, 0.15) is 0 Å². The molecule has 0 fully saturated rings. The first-order valence-electron chi connectivity index (χ1n) is 37.1. The Bertz CT molecular complexity index is 1270. The average Bonchev–Trinajstić information content (AvgIpc) is 3.47. The van der Waals surface area contributed by atoms with Crippen molar-refractivity contribution >= 4 is 11.9 Å². The molecule has 6 nitrogen and oxygen atoms in total. The summed E-state index contributed by atoms with van der Waals surface area (Å²) in [6.07, 6.45) is 89.8. The van der Waals surface area contributed by atoms with Gasteiger partial charge in [-0.3, -0.25) is 9.59 Å². The van der Waals surface area contributed by atoms with Crippen molar-refractivity contribution in [3.63, 3.8) is 0 Å². The van der Waals surface area contributed by atoms with Gasteiger partial charge in [0.15, 0.2) is 0 Å². The van der Waals surface area contributed by atoms with Crippen molar-refractivity contribution in [1.29, 1.82) is 0 Å². The number of hydrogen-bond donors (Lipinski definition) is 3. The molecule has 0 heterocycles.